The number of halogens is 1. The lowest BCUT2D eigenvalue weighted by atomic mass is 9.84. The van der Waals surface area contributed by atoms with Gasteiger partial charge in [-0.3, -0.25) is 4.79 Å². The molecule has 1 fully saturated rings. The van der Waals surface area contributed by atoms with E-state index in [9.17, 15) is 4.79 Å². The van der Waals surface area contributed by atoms with Gasteiger partial charge in [-0.25, -0.2) is 0 Å². The van der Waals surface area contributed by atoms with Crippen LogP contribution in [0.5, 0.6) is 5.75 Å². The number of nitrogens with one attached hydrogen (secondary N) is 1. The smallest absolute Gasteiger partial charge is 0.261 e. The van der Waals surface area contributed by atoms with Gasteiger partial charge in [-0.15, -0.1) is 11.3 Å². The van der Waals surface area contributed by atoms with Crippen LogP contribution in [0.4, 0.5) is 0 Å². The van der Waals surface area contributed by atoms with Gasteiger partial charge in [0.2, 0.25) is 0 Å². The highest BCUT2D eigenvalue weighted by molar-refractivity contribution is 9.11. The summed E-state index contributed by atoms with van der Waals surface area (Å²) in [6, 6.07) is 1.97. The van der Waals surface area contributed by atoms with Crippen molar-refractivity contribution >= 4 is 33.2 Å². The standard InChI is InChI=1S/C13H19BrN2O2S/c1-18-10-6-11(19-12(10)14)13(17)16-9-5-3-2-4-8(9)7-15/h6,8-9H,2-5,7,15H2,1H3,(H,16,17). The van der Waals surface area contributed by atoms with Crippen LogP contribution in [0.1, 0.15) is 35.4 Å². The number of hydrogen-bond acceptors (Lipinski definition) is 4. The Labute approximate surface area is 125 Å². The molecule has 0 bridgehead atoms. The molecular weight excluding hydrogens is 328 g/mol. The Morgan fingerprint density at radius 1 is 1.58 bits per heavy atom. The van der Waals surface area contributed by atoms with Gasteiger partial charge < -0.3 is 15.8 Å². The van der Waals surface area contributed by atoms with Crippen molar-refractivity contribution in [3.8, 4) is 5.75 Å². The highest BCUT2D eigenvalue weighted by Crippen LogP contribution is 2.34. The third-order valence-electron chi connectivity index (χ3n) is 3.63. The van der Waals surface area contributed by atoms with E-state index in [1.807, 2.05) is 0 Å². The predicted octanol–water partition coefficient (Wildman–Crippen LogP) is 2.77. The summed E-state index contributed by atoms with van der Waals surface area (Å²) in [4.78, 5) is 12.9. The van der Waals surface area contributed by atoms with Crippen LogP contribution >= 0.6 is 27.3 Å². The van der Waals surface area contributed by atoms with Crippen molar-refractivity contribution in [3.05, 3.63) is 14.7 Å². The van der Waals surface area contributed by atoms with Crippen LogP contribution in [0.15, 0.2) is 9.85 Å². The first-order valence-corrected chi connectivity index (χ1v) is 8.11. The van der Waals surface area contributed by atoms with Crippen LogP contribution in [-0.2, 0) is 0 Å². The Hall–Kier alpha value is -0.590. The van der Waals surface area contributed by atoms with E-state index in [0.29, 0.717) is 23.1 Å². The molecule has 2 rings (SSSR count). The summed E-state index contributed by atoms with van der Waals surface area (Å²) >= 11 is 4.78. The van der Waals surface area contributed by atoms with Gasteiger partial charge in [0.25, 0.3) is 5.91 Å². The average molecular weight is 347 g/mol. The fraction of sp³-hybridized carbons (Fsp3) is 0.615. The third-order valence-corrected chi connectivity index (χ3v) is 5.41. The van der Waals surface area contributed by atoms with Crippen molar-refractivity contribution in [2.24, 2.45) is 11.7 Å². The van der Waals surface area contributed by atoms with Gasteiger partial charge in [-0.05, 0) is 41.2 Å². The number of ether oxygens (including phenoxy) is 1. The number of amides is 1. The van der Waals surface area contributed by atoms with Crippen LogP contribution in [0, 0.1) is 5.92 Å². The first-order valence-electron chi connectivity index (χ1n) is 6.50. The van der Waals surface area contributed by atoms with Gasteiger partial charge in [0.05, 0.1) is 12.0 Å². The summed E-state index contributed by atoms with van der Waals surface area (Å²) in [5, 5.41) is 3.12. The second-order valence-corrected chi connectivity index (χ2v) is 7.18. The van der Waals surface area contributed by atoms with Crippen LogP contribution < -0.4 is 15.8 Å². The van der Waals surface area contributed by atoms with Crippen LogP contribution in [0.25, 0.3) is 0 Å². The lowest BCUT2D eigenvalue weighted by Crippen LogP contribution is -2.44. The Balaban J connectivity index is 2.03. The minimum Gasteiger partial charge on any atom is -0.495 e. The molecule has 0 spiro atoms. The van der Waals surface area contributed by atoms with Gasteiger partial charge in [-0.2, -0.15) is 0 Å². The molecule has 3 N–H and O–H groups in total. The predicted molar refractivity (Wildman–Crippen MR) is 80.8 cm³/mol. The molecule has 1 amide bonds. The largest absolute Gasteiger partial charge is 0.495 e. The lowest BCUT2D eigenvalue weighted by Gasteiger charge is -2.31. The first-order chi connectivity index (χ1) is 9.15. The van der Waals surface area contributed by atoms with E-state index in [1.54, 1.807) is 13.2 Å². The summed E-state index contributed by atoms with van der Waals surface area (Å²) < 4.78 is 6.02. The first kappa shape index (κ1) is 14.8. The number of carbonyl (C=O) groups excluding carboxylic acids is 1. The van der Waals surface area contributed by atoms with E-state index < -0.39 is 0 Å². The molecule has 1 aromatic rings. The summed E-state index contributed by atoms with van der Waals surface area (Å²) in [7, 11) is 1.60. The summed E-state index contributed by atoms with van der Waals surface area (Å²) in [5.41, 5.74) is 5.78. The molecule has 2 atom stereocenters. The fourth-order valence-electron chi connectivity index (χ4n) is 2.52. The number of methoxy groups -OCH3 is 1. The number of hydrogen-bond donors (Lipinski definition) is 2. The van der Waals surface area contributed by atoms with Gasteiger partial charge in [-0.1, -0.05) is 12.8 Å². The normalized spacial score (nSPS) is 23.1. The minimum absolute atomic E-state index is 0.0284. The highest BCUT2D eigenvalue weighted by atomic mass is 79.9. The monoisotopic (exact) mass is 346 g/mol. The van der Waals surface area contributed by atoms with Gasteiger partial charge >= 0.3 is 0 Å². The molecule has 0 aromatic carbocycles. The zero-order valence-electron chi connectivity index (χ0n) is 10.9. The summed E-state index contributed by atoms with van der Waals surface area (Å²) in [6.07, 6.45) is 4.52. The fourth-order valence-corrected chi connectivity index (χ4v) is 4.08. The molecule has 1 aliphatic rings. The minimum atomic E-state index is -0.0284. The number of thiophene rings is 1. The van der Waals surface area contributed by atoms with Gasteiger partial charge in [0.1, 0.15) is 9.54 Å². The molecule has 0 aliphatic heterocycles. The van der Waals surface area contributed by atoms with E-state index in [0.717, 1.165) is 16.6 Å². The maximum atomic E-state index is 12.2. The second-order valence-electron chi connectivity index (χ2n) is 4.81. The van der Waals surface area contributed by atoms with Gasteiger partial charge in [0.15, 0.2) is 0 Å². The molecule has 4 nitrogen and oxygen atoms in total. The van der Waals surface area contributed by atoms with E-state index >= 15 is 0 Å². The summed E-state index contributed by atoms with van der Waals surface area (Å²) in [6.45, 7) is 0.641. The van der Waals surface area contributed by atoms with Crippen LogP contribution in [0.3, 0.4) is 0 Å². The highest BCUT2D eigenvalue weighted by Gasteiger charge is 2.26. The average Bonchev–Trinajstić information content (AvgIpc) is 2.80. The van der Waals surface area contributed by atoms with E-state index in [1.165, 1.54) is 24.2 Å². The summed E-state index contributed by atoms with van der Waals surface area (Å²) in [5.74, 6) is 1.08. The van der Waals surface area contributed by atoms with Crippen molar-refractivity contribution in [3.63, 3.8) is 0 Å². The Morgan fingerprint density at radius 2 is 2.32 bits per heavy atom. The SMILES string of the molecule is COc1cc(C(=O)NC2CCCCC2CN)sc1Br. The molecule has 106 valence electrons. The molecule has 0 radical (unpaired) electrons. The zero-order chi connectivity index (χ0) is 13.8. The Kier molecular flexibility index (Phi) is 5.24. The maximum absolute atomic E-state index is 12.2. The molecule has 1 saturated carbocycles. The molecular formula is C13H19BrN2O2S. The molecule has 1 aliphatic carbocycles. The number of nitrogens with two attached hydrogens (primary N) is 1. The Bertz CT molecular complexity index is 450. The molecule has 1 aromatic heterocycles. The van der Waals surface area contributed by atoms with Crippen LogP contribution in [0.2, 0.25) is 0 Å². The van der Waals surface area contributed by atoms with E-state index in [4.69, 9.17) is 10.5 Å². The van der Waals surface area contributed by atoms with Crippen molar-refractivity contribution in [1.82, 2.24) is 5.32 Å². The maximum Gasteiger partial charge on any atom is 0.261 e. The third kappa shape index (κ3) is 3.49. The topological polar surface area (TPSA) is 64.3 Å². The van der Waals surface area contributed by atoms with E-state index in [2.05, 4.69) is 21.2 Å². The number of rotatable bonds is 4. The molecule has 6 heteroatoms. The lowest BCUT2D eigenvalue weighted by molar-refractivity contribution is 0.0912. The van der Waals surface area contributed by atoms with Crippen molar-refractivity contribution in [2.45, 2.75) is 31.7 Å². The second kappa shape index (κ2) is 6.72. The molecule has 19 heavy (non-hydrogen) atoms. The zero-order valence-corrected chi connectivity index (χ0v) is 13.4. The number of carbonyl (C=O) groups is 1. The Morgan fingerprint density at radius 3 is 2.95 bits per heavy atom. The van der Waals surface area contributed by atoms with Crippen molar-refractivity contribution < 1.29 is 9.53 Å². The molecule has 0 saturated heterocycles. The van der Waals surface area contributed by atoms with Crippen molar-refractivity contribution in [1.29, 1.82) is 0 Å². The molecule has 1 heterocycles. The van der Waals surface area contributed by atoms with E-state index in [-0.39, 0.29) is 11.9 Å². The van der Waals surface area contributed by atoms with Gasteiger partial charge in [0, 0.05) is 12.1 Å². The van der Waals surface area contributed by atoms with Crippen LogP contribution in [-0.4, -0.2) is 25.6 Å². The van der Waals surface area contributed by atoms with Crippen molar-refractivity contribution in [2.75, 3.05) is 13.7 Å². The quantitative estimate of drug-likeness (QED) is 0.880. The molecule has 2 unspecified atom stereocenters.